The number of fused-ring (bicyclic) bond motifs is 2. The number of hydrazone groups is 1. The van der Waals surface area contributed by atoms with Crippen LogP contribution in [0.5, 0.6) is 0 Å². The third-order valence-electron chi connectivity index (χ3n) is 7.23. The number of rotatable bonds is 3. The van der Waals surface area contributed by atoms with E-state index in [4.69, 9.17) is 33.0 Å². The monoisotopic (exact) mass is 489 g/mol. The second-order valence-corrected chi connectivity index (χ2v) is 10.6. The van der Waals surface area contributed by atoms with E-state index in [2.05, 4.69) is 18.2 Å². The van der Waals surface area contributed by atoms with Crippen molar-refractivity contribution in [3.05, 3.63) is 68.4 Å². The van der Waals surface area contributed by atoms with Crippen LogP contribution in [0.3, 0.4) is 0 Å². The fourth-order valence-electron chi connectivity index (χ4n) is 5.07. The zero-order valence-electron chi connectivity index (χ0n) is 19.1. The number of nitrogens with zero attached hydrogens (tertiary/aromatic N) is 3. The molecule has 0 radical (unpaired) electrons. The van der Waals surface area contributed by atoms with E-state index < -0.39 is 11.4 Å². The van der Waals surface area contributed by atoms with E-state index in [0.717, 1.165) is 28.0 Å². The van der Waals surface area contributed by atoms with Crippen LogP contribution in [0.25, 0.3) is 0 Å². The van der Waals surface area contributed by atoms with Crippen LogP contribution in [0.15, 0.2) is 35.4 Å². The number of ether oxygens (including phenoxy) is 1. The summed E-state index contributed by atoms with van der Waals surface area (Å²) in [6.45, 7) is 7.61. The van der Waals surface area contributed by atoms with Gasteiger partial charge in [-0.05, 0) is 47.4 Å². The number of amides is 1. The van der Waals surface area contributed by atoms with Gasteiger partial charge in [0.25, 0.3) is 0 Å². The molecule has 1 unspecified atom stereocenters. The fraction of sp³-hybridized carbons (Fsp3) is 0.440. The van der Waals surface area contributed by atoms with Gasteiger partial charge in [0.05, 0.1) is 41.0 Å². The predicted octanol–water partition coefficient (Wildman–Crippen LogP) is 5.31. The van der Waals surface area contributed by atoms with Gasteiger partial charge in [0.15, 0.2) is 5.82 Å². The number of halogens is 3. The van der Waals surface area contributed by atoms with Crippen molar-refractivity contribution >= 4 is 34.8 Å². The van der Waals surface area contributed by atoms with Crippen LogP contribution in [0, 0.1) is 11.7 Å². The lowest BCUT2D eigenvalue weighted by Gasteiger charge is -2.48. The lowest BCUT2D eigenvalue weighted by atomic mass is 9.82. The molecule has 1 amide bonds. The molecule has 3 heterocycles. The molecular formula is C25H26Cl2FN3O2. The van der Waals surface area contributed by atoms with Crippen molar-refractivity contribution in [3.8, 4) is 0 Å². The van der Waals surface area contributed by atoms with E-state index in [9.17, 15) is 9.18 Å². The van der Waals surface area contributed by atoms with Gasteiger partial charge in [-0.15, -0.1) is 0 Å². The van der Waals surface area contributed by atoms with E-state index in [1.54, 1.807) is 12.1 Å². The highest BCUT2D eigenvalue weighted by Crippen LogP contribution is 2.45. The van der Waals surface area contributed by atoms with Gasteiger partial charge in [0, 0.05) is 19.4 Å². The zero-order chi connectivity index (χ0) is 23.7. The maximum Gasteiger partial charge on any atom is 0.225 e. The first-order chi connectivity index (χ1) is 15.5. The molecule has 174 valence electrons. The van der Waals surface area contributed by atoms with Gasteiger partial charge in [-0.2, -0.15) is 5.10 Å². The number of hydrogen-bond acceptors (Lipinski definition) is 4. The van der Waals surface area contributed by atoms with E-state index in [1.165, 1.54) is 0 Å². The Kier molecular flexibility index (Phi) is 5.27. The first-order valence-corrected chi connectivity index (χ1v) is 11.8. The summed E-state index contributed by atoms with van der Waals surface area (Å²) in [6.07, 6.45) is 0.628. The molecule has 2 aromatic rings. The molecule has 8 heteroatoms. The van der Waals surface area contributed by atoms with Crippen molar-refractivity contribution in [2.45, 2.75) is 44.9 Å². The summed E-state index contributed by atoms with van der Waals surface area (Å²) in [5, 5.41) is 6.69. The van der Waals surface area contributed by atoms with Crippen molar-refractivity contribution in [2.24, 2.45) is 11.0 Å². The lowest BCUT2D eigenvalue weighted by molar-refractivity contribution is -0.171. The maximum absolute atomic E-state index is 14.0. The van der Waals surface area contributed by atoms with Crippen LogP contribution in [0.1, 0.15) is 49.4 Å². The molecule has 3 aliphatic heterocycles. The Bertz CT molecular complexity index is 1170. The molecule has 1 saturated heterocycles. The molecule has 33 heavy (non-hydrogen) atoms. The third-order valence-corrected chi connectivity index (χ3v) is 7.78. The van der Waals surface area contributed by atoms with Gasteiger partial charge in [-0.3, -0.25) is 9.80 Å². The highest BCUT2D eigenvalue weighted by Gasteiger charge is 2.52. The van der Waals surface area contributed by atoms with Crippen LogP contribution in [0.2, 0.25) is 10.0 Å². The Balaban J connectivity index is 1.38. The standard InChI is InChI=1S/C25H26Cl2FN3O2/c1-14(2)23(32)31-12-25(13-31)18-6-5-15(7-16(18)11-33-25)21-10-24(3,30(4)29-21)17-8-19(26)22(28)20(27)9-17/h5-9,14H,10-13H2,1-4H3. The topological polar surface area (TPSA) is 45.1 Å². The average molecular weight is 490 g/mol. The average Bonchev–Trinajstić information content (AvgIpc) is 3.28. The molecule has 1 atom stereocenters. The molecule has 3 aliphatic rings. The zero-order valence-corrected chi connectivity index (χ0v) is 20.6. The van der Waals surface area contributed by atoms with Gasteiger partial charge in [0.1, 0.15) is 5.60 Å². The maximum atomic E-state index is 14.0. The quantitative estimate of drug-likeness (QED) is 0.548. The molecule has 5 rings (SSSR count). The number of carbonyl (C=O) groups is 1. The molecule has 0 saturated carbocycles. The Morgan fingerprint density at radius 1 is 1.18 bits per heavy atom. The SMILES string of the molecule is CC(C)C(=O)N1CC2(C1)OCc1cc(C3=NN(C)C(C)(c4cc(Cl)c(F)c(Cl)c4)C3)ccc12. The molecule has 0 aromatic heterocycles. The molecule has 0 N–H and O–H groups in total. The summed E-state index contributed by atoms with van der Waals surface area (Å²) in [4.78, 5) is 14.2. The highest BCUT2D eigenvalue weighted by molar-refractivity contribution is 6.35. The fourth-order valence-corrected chi connectivity index (χ4v) is 5.55. The van der Waals surface area contributed by atoms with Gasteiger partial charge in [-0.25, -0.2) is 4.39 Å². The molecule has 0 bridgehead atoms. The van der Waals surface area contributed by atoms with Crippen molar-refractivity contribution < 1.29 is 13.9 Å². The first-order valence-electron chi connectivity index (χ1n) is 11.1. The van der Waals surface area contributed by atoms with E-state index in [0.29, 0.717) is 26.1 Å². The van der Waals surface area contributed by atoms with Gasteiger partial charge < -0.3 is 9.64 Å². The minimum Gasteiger partial charge on any atom is -0.362 e. The summed E-state index contributed by atoms with van der Waals surface area (Å²) in [5.41, 5.74) is 4.18. The van der Waals surface area contributed by atoms with Gasteiger partial charge >= 0.3 is 0 Å². The summed E-state index contributed by atoms with van der Waals surface area (Å²) >= 11 is 12.1. The Morgan fingerprint density at radius 2 is 1.85 bits per heavy atom. The van der Waals surface area contributed by atoms with E-state index >= 15 is 0 Å². The molecule has 1 spiro atoms. The number of carbonyl (C=O) groups excluding carboxylic acids is 1. The molecule has 1 fully saturated rings. The summed E-state index contributed by atoms with van der Waals surface area (Å²) < 4.78 is 20.1. The van der Waals surface area contributed by atoms with Crippen LogP contribution in [-0.2, 0) is 27.3 Å². The Hall–Kier alpha value is -2.15. The van der Waals surface area contributed by atoms with Crippen molar-refractivity contribution in [1.29, 1.82) is 0 Å². The lowest BCUT2D eigenvalue weighted by Crippen LogP contribution is -2.61. The minimum absolute atomic E-state index is 0.00560. The van der Waals surface area contributed by atoms with Crippen LogP contribution in [-0.4, -0.2) is 41.7 Å². The van der Waals surface area contributed by atoms with Crippen LogP contribution < -0.4 is 0 Å². The predicted molar refractivity (Wildman–Crippen MR) is 127 cm³/mol. The summed E-state index contributed by atoms with van der Waals surface area (Å²) in [7, 11) is 1.90. The number of benzene rings is 2. The van der Waals surface area contributed by atoms with Crippen molar-refractivity contribution in [3.63, 3.8) is 0 Å². The van der Waals surface area contributed by atoms with Crippen molar-refractivity contribution in [1.82, 2.24) is 9.91 Å². The first kappa shape index (κ1) is 22.6. The molecule has 0 aliphatic carbocycles. The minimum atomic E-state index is -0.607. The number of hydrogen-bond donors (Lipinski definition) is 0. The van der Waals surface area contributed by atoms with E-state index in [-0.39, 0.29) is 27.5 Å². The largest absolute Gasteiger partial charge is 0.362 e. The normalized spacial score (nSPS) is 23.2. The smallest absolute Gasteiger partial charge is 0.225 e. The summed E-state index contributed by atoms with van der Waals surface area (Å²) in [5.74, 6) is -0.453. The Morgan fingerprint density at radius 3 is 2.48 bits per heavy atom. The van der Waals surface area contributed by atoms with Crippen LogP contribution >= 0.6 is 23.2 Å². The summed E-state index contributed by atoms with van der Waals surface area (Å²) in [6, 6.07) is 9.57. The molecule has 2 aromatic carbocycles. The van der Waals surface area contributed by atoms with Gasteiger partial charge in [-0.1, -0.05) is 49.2 Å². The second-order valence-electron chi connectivity index (χ2n) is 9.78. The van der Waals surface area contributed by atoms with Gasteiger partial charge in [0.2, 0.25) is 5.91 Å². The second kappa shape index (κ2) is 7.69. The third kappa shape index (κ3) is 3.46. The number of likely N-dealkylation sites (tertiary alicyclic amines) is 1. The molecular weight excluding hydrogens is 464 g/mol. The Labute approximate surface area is 203 Å². The van der Waals surface area contributed by atoms with Crippen molar-refractivity contribution in [2.75, 3.05) is 20.1 Å². The highest BCUT2D eigenvalue weighted by atomic mass is 35.5. The van der Waals surface area contributed by atoms with E-state index in [1.807, 2.05) is 37.7 Å². The molecule has 5 nitrogen and oxygen atoms in total. The van der Waals surface area contributed by atoms with Crippen LogP contribution in [0.4, 0.5) is 4.39 Å².